The van der Waals surface area contributed by atoms with Crippen molar-refractivity contribution < 1.29 is 4.79 Å². The van der Waals surface area contributed by atoms with Gasteiger partial charge in [-0.3, -0.25) is 4.79 Å². The maximum absolute atomic E-state index is 11.7. The number of hydrogen-bond donors (Lipinski definition) is 1. The molecule has 0 heterocycles. The van der Waals surface area contributed by atoms with Gasteiger partial charge in [0.05, 0.1) is 0 Å². The number of ketones is 1. The lowest BCUT2D eigenvalue weighted by Gasteiger charge is -2.09. The van der Waals surface area contributed by atoms with Crippen LogP contribution in [0, 0.1) is 20.8 Å². The largest absolute Gasteiger partial charge is 0.294 e. The molecular formula is C12H16OS. The highest BCUT2D eigenvalue weighted by atomic mass is 32.1. The molecule has 1 aromatic carbocycles. The van der Waals surface area contributed by atoms with Gasteiger partial charge in [0.2, 0.25) is 0 Å². The predicted molar refractivity (Wildman–Crippen MR) is 63.5 cm³/mol. The van der Waals surface area contributed by atoms with E-state index < -0.39 is 0 Å². The summed E-state index contributed by atoms with van der Waals surface area (Å²) in [5, 5.41) is 0. The fourth-order valence-electron chi connectivity index (χ4n) is 1.85. The number of benzene rings is 1. The van der Waals surface area contributed by atoms with Gasteiger partial charge >= 0.3 is 0 Å². The molecule has 0 saturated heterocycles. The zero-order valence-corrected chi connectivity index (χ0v) is 9.82. The summed E-state index contributed by atoms with van der Waals surface area (Å²) in [7, 11) is 0. The maximum Gasteiger partial charge on any atom is 0.164 e. The van der Waals surface area contributed by atoms with Crippen molar-refractivity contribution in [3.8, 4) is 0 Å². The van der Waals surface area contributed by atoms with Crippen molar-refractivity contribution in [1.82, 2.24) is 0 Å². The number of carbonyl (C=O) groups is 1. The van der Waals surface area contributed by atoms with Gasteiger partial charge in [-0.15, -0.1) is 0 Å². The van der Waals surface area contributed by atoms with Gasteiger partial charge in [0.15, 0.2) is 5.78 Å². The van der Waals surface area contributed by atoms with Crippen LogP contribution >= 0.6 is 12.6 Å². The van der Waals surface area contributed by atoms with E-state index in [4.69, 9.17) is 0 Å². The van der Waals surface area contributed by atoms with Crippen molar-refractivity contribution in [2.75, 3.05) is 5.75 Å². The van der Waals surface area contributed by atoms with Crippen molar-refractivity contribution in [3.63, 3.8) is 0 Å². The third-order valence-electron chi connectivity index (χ3n) is 2.29. The summed E-state index contributed by atoms with van der Waals surface area (Å²) in [5.74, 6) is 0.820. The third kappa shape index (κ3) is 2.38. The van der Waals surface area contributed by atoms with Crippen molar-refractivity contribution >= 4 is 18.4 Å². The first kappa shape index (κ1) is 11.3. The maximum atomic E-state index is 11.7. The van der Waals surface area contributed by atoms with Gasteiger partial charge in [-0.05, 0) is 37.7 Å². The standard InChI is InChI=1S/C12H16OS/c1-8-6-9(2)12(10(3)7-8)11(13)4-5-14/h6-7,14H,4-5H2,1-3H3. The molecule has 1 nitrogen and oxygen atoms in total. The van der Waals surface area contributed by atoms with Gasteiger partial charge in [-0.2, -0.15) is 12.6 Å². The molecule has 0 atom stereocenters. The van der Waals surface area contributed by atoms with Crippen LogP contribution in [-0.2, 0) is 0 Å². The number of rotatable bonds is 3. The Balaban J connectivity index is 3.14. The SMILES string of the molecule is Cc1cc(C)c(C(=O)CCS)c(C)c1. The fourth-order valence-corrected chi connectivity index (χ4v) is 2.05. The summed E-state index contributed by atoms with van der Waals surface area (Å²) in [6.07, 6.45) is 0.522. The van der Waals surface area contributed by atoms with Crippen LogP contribution in [0.3, 0.4) is 0 Å². The highest BCUT2D eigenvalue weighted by Crippen LogP contribution is 2.18. The molecule has 0 aromatic heterocycles. The van der Waals surface area contributed by atoms with E-state index in [1.807, 2.05) is 20.8 Å². The smallest absolute Gasteiger partial charge is 0.164 e. The number of Topliss-reactive ketones (excluding diaryl/α,β-unsaturated/α-hetero) is 1. The average molecular weight is 208 g/mol. The fraction of sp³-hybridized carbons (Fsp3) is 0.417. The molecule has 0 aliphatic heterocycles. The summed E-state index contributed by atoms with van der Waals surface area (Å²) < 4.78 is 0. The van der Waals surface area contributed by atoms with Crippen LogP contribution in [0.1, 0.15) is 33.5 Å². The second kappa shape index (κ2) is 4.65. The van der Waals surface area contributed by atoms with Crippen LogP contribution in [0.15, 0.2) is 12.1 Å². The molecule has 76 valence electrons. The third-order valence-corrected chi connectivity index (χ3v) is 2.52. The number of carbonyl (C=O) groups excluding carboxylic acids is 1. The van der Waals surface area contributed by atoms with Crippen LogP contribution in [0.5, 0.6) is 0 Å². The lowest BCUT2D eigenvalue weighted by Crippen LogP contribution is -2.05. The van der Waals surface area contributed by atoms with E-state index >= 15 is 0 Å². The second-order valence-corrected chi connectivity index (χ2v) is 4.12. The molecule has 14 heavy (non-hydrogen) atoms. The second-order valence-electron chi connectivity index (χ2n) is 3.67. The van der Waals surface area contributed by atoms with Crippen LogP contribution in [0.4, 0.5) is 0 Å². The first-order valence-electron chi connectivity index (χ1n) is 4.78. The number of aryl methyl sites for hydroxylation is 3. The van der Waals surface area contributed by atoms with E-state index in [1.54, 1.807) is 0 Å². The lowest BCUT2D eigenvalue weighted by molar-refractivity contribution is 0.0988. The van der Waals surface area contributed by atoms with Gasteiger partial charge in [-0.1, -0.05) is 17.7 Å². The highest BCUT2D eigenvalue weighted by Gasteiger charge is 2.11. The Kier molecular flexibility index (Phi) is 3.76. The first-order valence-corrected chi connectivity index (χ1v) is 5.41. The Morgan fingerprint density at radius 3 is 2.14 bits per heavy atom. The summed E-state index contributed by atoms with van der Waals surface area (Å²) in [6, 6.07) is 4.11. The Bertz CT molecular complexity index is 332. The minimum Gasteiger partial charge on any atom is -0.294 e. The van der Waals surface area contributed by atoms with Crippen molar-refractivity contribution in [3.05, 3.63) is 34.4 Å². The Hall–Kier alpha value is -0.760. The molecule has 0 amide bonds. The molecule has 1 aromatic rings. The summed E-state index contributed by atoms with van der Waals surface area (Å²) in [5.41, 5.74) is 4.25. The minimum atomic E-state index is 0.204. The molecule has 0 unspecified atom stereocenters. The van der Waals surface area contributed by atoms with E-state index in [-0.39, 0.29) is 5.78 Å². The highest BCUT2D eigenvalue weighted by molar-refractivity contribution is 7.80. The number of thiol groups is 1. The Morgan fingerprint density at radius 1 is 1.21 bits per heavy atom. The minimum absolute atomic E-state index is 0.204. The molecule has 0 bridgehead atoms. The zero-order chi connectivity index (χ0) is 10.7. The Labute approximate surface area is 90.9 Å². The van der Waals surface area contributed by atoms with Crippen LogP contribution in [0.2, 0.25) is 0 Å². The van der Waals surface area contributed by atoms with Crippen LogP contribution in [-0.4, -0.2) is 11.5 Å². The molecule has 0 fully saturated rings. The monoisotopic (exact) mass is 208 g/mol. The van der Waals surface area contributed by atoms with Gasteiger partial charge in [0, 0.05) is 12.0 Å². The summed E-state index contributed by atoms with van der Waals surface area (Å²) in [4.78, 5) is 11.7. The Morgan fingerprint density at radius 2 is 1.71 bits per heavy atom. The van der Waals surface area contributed by atoms with Gasteiger partial charge in [-0.25, -0.2) is 0 Å². The van der Waals surface area contributed by atoms with Crippen LogP contribution < -0.4 is 0 Å². The molecule has 0 aliphatic carbocycles. The number of hydrogen-bond acceptors (Lipinski definition) is 2. The summed E-state index contributed by atoms with van der Waals surface area (Å²) >= 11 is 4.08. The molecule has 0 saturated carbocycles. The average Bonchev–Trinajstić information content (AvgIpc) is 2.01. The molecule has 0 spiro atoms. The van der Waals surface area contributed by atoms with Gasteiger partial charge < -0.3 is 0 Å². The molecule has 2 heteroatoms. The quantitative estimate of drug-likeness (QED) is 0.596. The van der Waals surface area contributed by atoms with E-state index in [2.05, 4.69) is 24.8 Å². The van der Waals surface area contributed by atoms with Gasteiger partial charge in [0.1, 0.15) is 0 Å². The molecule has 0 radical (unpaired) electrons. The molecule has 0 N–H and O–H groups in total. The van der Waals surface area contributed by atoms with Gasteiger partial charge in [0.25, 0.3) is 0 Å². The van der Waals surface area contributed by atoms with E-state index in [0.29, 0.717) is 12.2 Å². The topological polar surface area (TPSA) is 17.1 Å². The first-order chi connectivity index (χ1) is 6.56. The van der Waals surface area contributed by atoms with Crippen molar-refractivity contribution in [2.45, 2.75) is 27.2 Å². The van der Waals surface area contributed by atoms with E-state index in [1.165, 1.54) is 5.56 Å². The van der Waals surface area contributed by atoms with Crippen LogP contribution in [0.25, 0.3) is 0 Å². The zero-order valence-electron chi connectivity index (χ0n) is 8.92. The van der Waals surface area contributed by atoms with Crippen molar-refractivity contribution in [1.29, 1.82) is 0 Å². The normalized spacial score (nSPS) is 10.3. The van der Waals surface area contributed by atoms with Crippen molar-refractivity contribution in [2.24, 2.45) is 0 Å². The lowest BCUT2D eigenvalue weighted by atomic mass is 9.96. The molecule has 1 rings (SSSR count). The van der Waals surface area contributed by atoms with E-state index in [9.17, 15) is 4.79 Å². The predicted octanol–water partition coefficient (Wildman–Crippen LogP) is 3.11. The van der Waals surface area contributed by atoms with E-state index in [0.717, 1.165) is 16.7 Å². The summed E-state index contributed by atoms with van der Waals surface area (Å²) in [6.45, 7) is 6.03. The molecular weight excluding hydrogens is 192 g/mol. The molecule has 0 aliphatic rings.